The van der Waals surface area contributed by atoms with Crippen molar-refractivity contribution in [3.05, 3.63) is 66.0 Å². The lowest BCUT2D eigenvalue weighted by Crippen LogP contribution is -2.29. The van der Waals surface area contributed by atoms with Crippen LogP contribution in [-0.2, 0) is 19.1 Å². The predicted octanol–water partition coefficient (Wildman–Crippen LogP) is 2.57. The van der Waals surface area contributed by atoms with Gasteiger partial charge in [-0.2, -0.15) is 0 Å². The molecule has 6 nitrogen and oxygen atoms in total. The van der Waals surface area contributed by atoms with Gasteiger partial charge in [0.1, 0.15) is 5.82 Å². The molecule has 2 N–H and O–H groups in total. The highest BCUT2D eigenvalue weighted by Crippen LogP contribution is 2.17. The van der Waals surface area contributed by atoms with Gasteiger partial charge < -0.3 is 15.4 Å². The molecular weight excluding hydrogens is 339 g/mol. The number of hydrogen-bond acceptors (Lipinski definition) is 4. The van der Waals surface area contributed by atoms with Gasteiger partial charge in [-0.1, -0.05) is 30.3 Å². The van der Waals surface area contributed by atoms with Gasteiger partial charge in [0.2, 0.25) is 5.91 Å². The number of benzene rings is 2. The molecule has 0 aromatic heterocycles. The molecule has 0 aliphatic heterocycles. The first-order valence-corrected chi connectivity index (χ1v) is 7.97. The van der Waals surface area contributed by atoms with E-state index in [1.807, 2.05) is 6.07 Å². The lowest BCUT2D eigenvalue weighted by atomic mass is 10.0. The van der Waals surface area contributed by atoms with Crippen molar-refractivity contribution in [1.82, 2.24) is 5.32 Å². The zero-order chi connectivity index (χ0) is 18.9. The van der Waals surface area contributed by atoms with Crippen LogP contribution in [0.4, 0.5) is 10.1 Å². The minimum absolute atomic E-state index is 0.104. The largest absolute Gasteiger partial charge is 0.455 e. The zero-order valence-electron chi connectivity index (χ0n) is 14.2. The van der Waals surface area contributed by atoms with Gasteiger partial charge in [-0.05, 0) is 29.8 Å². The molecule has 0 fully saturated rings. The second-order valence-corrected chi connectivity index (χ2v) is 5.58. The molecule has 0 bridgehead atoms. The van der Waals surface area contributed by atoms with Crippen LogP contribution in [0.15, 0.2) is 54.6 Å². The third-order valence-corrected chi connectivity index (χ3v) is 3.44. The summed E-state index contributed by atoms with van der Waals surface area (Å²) in [7, 11) is 0. The van der Waals surface area contributed by atoms with Crippen LogP contribution in [-0.4, -0.2) is 24.4 Å². The number of esters is 1. The van der Waals surface area contributed by atoms with Crippen molar-refractivity contribution in [2.45, 2.75) is 19.4 Å². The van der Waals surface area contributed by atoms with E-state index in [0.717, 1.165) is 5.56 Å². The summed E-state index contributed by atoms with van der Waals surface area (Å²) in [6.07, 6.45) is -0.104. The van der Waals surface area contributed by atoms with Crippen molar-refractivity contribution in [1.29, 1.82) is 0 Å². The van der Waals surface area contributed by atoms with Crippen LogP contribution in [0.3, 0.4) is 0 Å². The van der Waals surface area contributed by atoms with Crippen molar-refractivity contribution in [2.75, 3.05) is 11.9 Å². The Morgan fingerprint density at radius 1 is 1.04 bits per heavy atom. The number of amides is 2. The summed E-state index contributed by atoms with van der Waals surface area (Å²) in [6, 6.07) is 13.7. The quantitative estimate of drug-likeness (QED) is 0.745. The third-order valence-electron chi connectivity index (χ3n) is 3.44. The summed E-state index contributed by atoms with van der Waals surface area (Å²) in [6.45, 7) is 0.884. The molecule has 0 spiro atoms. The number of anilines is 1. The molecule has 0 radical (unpaired) electrons. The number of ether oxygens (including phenoxy) is 1. The number of carbonyl (C=O) groups is 3. The van der Waals surface area contributed by atoms with E-state index in [9.17, 15) is 18.8 Å². The molecule has 0 aliphatic rings. The highest BCUT2D eigenvalue weighted by Gasteiger charge is 2.18. The number of carbonyl (C=O) groups excluding carboxylic acids is 3. The molecule has 0 saturated carbocycles. The molecule has 0 saturated heterocycles. The Kier molecular flexibility index (Phi) is 6.84. The van der Waals surface area contributed by atoms with Crippen molar-refractivity contribution >= 4 is 23.5 Å². The molecule has 7 heteroatoms. The normalized spacial score (nSPS) is 11.3. The van der Waals surface area contributed by atoms with E-state index in [1.165, 1.54) is 31.2 Å². The van der Waals surface area contributed by atoms with Gasteiger partial charge in [-0.15, -0.1) is 0 Å². The molecular formula is C19H19FN2O4. The Morgan fingerprint density at radius 2 is 1.69 bits per heavy atom. The van der Waals surface area contributed by atoms with Crippen LogP contribution in [0, 0.1) is 5.82 Å². The summed E-state index contributed by atoms with van der Waals surface area (Å²) in [5, 5.41) is 5.17. The first kappa shape index (κ1) is 19.1. The minimum atomic E-state index is -0.623. The Morgan fingerprint density at radius 3 is 2.31 bits per heavy atom. The van der Waals surface area contributed by atoms with Crippen LogP contribution < -0.4 is 10.6 Å². The molecule has 2 aromatic carbocycles. The van der Waals surface area contributed by atoms with Gasteiger partial charge in [-0.25, -0.2) is 4.39 Å². The maximum Gasteiger partial charge on any atom is 0.308 e. The average molecular weight is 358 g/mol. The van der Waals surface area contributed by atoms with E-state index in [1.54, 1.807) is 24.3 Å². The van der Waals surface area contributed by atoms with Crippen LogP contribution in [0.5, 0.6) is 0 Å². The molecule has 2 rings (SSSR count). The molecule has 1 atom stereocenters. The van der Waals surface area contributed by atoms with Crippen LogP contribution >= 0.6 is 0 Å². The SMILES string of the molecule is CC(=O)N[C@H](CC(=O)OCC(=O)Nc1ccc(F)cc1)c1ccccc1. The van der Waals surface area contributed by atoms with E-state index in [2.05, 4.69) is 10.6 Å². The summed E-state index contributed by atoms with van der Waals surface area (Å²) in [5.74, 6) is -1.86. The number of nitrogens with one attached hydrogen (secondary N) is 2. The topological polar surface area (TPSA) is 84.5 Å². The minimum Gasteiger partial charge on any atom is -0.455 e. The number of hydrogen-bond donors (Lipinski definition) is 2. The number of rotatable bonds is 7. The maximum absolute atomic E-state index is 12.8. The fourth-order valence-electron chi connectivity index (χ4n) is 2.28. The summed E-state index contributed by atoms with van der Waals surface area (Å²) >= 11 is 0. The van der Waals surface area contributed by atoms with Crippen LogP contribution in [0.1, 0.15) is 24.9 Å². The second kappa shape index (κ2) is 9.31. The Balaban J connectivity index is 1.86. The summed E-state index contributed by atoms with van der Waals surface area (Å²) in [5.41, 5.74) is 1.16. The second-order valence-electron chi connectivity index (χ2n) is 5.58. The van der Waals surface area contributed by atoms with Crippen molar-refractivity contribution in [3.63, 3.8) is 0 Å². The van der Waals surface area contributed by atoms with Crippen molar-refractivity contribution in [2.24, 2.45) is 0 Å². The molecule has 136 valence electrons. The first-order chi connectivity index (χ1) is 12.4. The molecule has 0 heterocycles. The smallest absolute Gasteiger partial charge is 0.308 e. The van der Waals surface area contributed by atoms with Gasteiger partial charge in [0.05, 0.1) is 12.5 Å². The summed E-state index contributed by atoms with van der Waals surface area (Å²) in [4.78, 5) is 35.1. The predicted molar refractivity (Wildman–Crippen MR) is 93.6 cm³/mol. The third kappa shape index (κ3) is 6.35. The average Bonchev–Trinajstić information content (AvgIpc) is 2.62. The van der Waals surface area contributed by atoms with E-state index in [0.29, 0.717) is 5.69 Å². The van der Waals surface area contributed by atoms with E-state index < -0.39 is 30.3 Å². The van der Waals surface area contributed by atoms with Crippen LogP contribution in [0.2, 0.25) is 0 Å². The highest BCUT2D eigenvalue weighted by atomic mass is 19.1. The molecule has 0 aliphatic carbocycles. The Bertz CT molecular complexity index is 763. The van der Waals surface area contributed by atoms with Gasteiger partial charge in [0.15, 0.2) is 6.61 Å². The lowest BCUT2D eigenvalue weighted by molar-refractivity contribution is -0.148. The van der Waals surface area contributed by atoms with E-state index in [-0.39, 0.29) is 12.3 Å². The van der Waals surface area contributed by atoms with Crippen LogP contribution in [0.25, 0.3) is 0 Å². The van der Waals surface area contributed by atoms with E-state index >= 15 is 0 Å². The molecule has 2 amide bonds. The molecule has 26 heavy (non-hydrogen) atoms. The molecule has 0 unspecified atom stereocenters. The van der Waals surface area contributed by atoms with Gasteiger partial charge in [-0.3, -0.25) is 14.4 Å². The maximum atomic E-state index is 12.8. The Labute approximate surface area is 150 Å². The highest BCUT2D eigenvalue weighted by molar-refractivity contribution is 5.92. The monoisotopic (exact) mass is 358 g/mol. The zero-order valence-corrected chi connectivity index (χ0v) is 14.2. The summed E-state index contributed by atoms with van der Waals surface area (Å²) < 4.78 is 17.8. The Hall–Kier alpha value is -3.22. The fourth-order valence-corrected chi connectivity index (χ4v) is 2.28. The van der Waals surface area contributed by atoms with Crippen molar-refractivity contribution in [3.8, 4) is 0 Å². The first-order valence-electron chi connectivity index (χ1n) is 7.97. The lowest BCUT2D eigenvalue weighted by Gasteiger charge is -2.17. The fraction of sp³-hybridized carbons (Fsp3) is 0.211. The standard InChI is InChI=1S/C19H19FN2O4/c1-13(23)21-17(14-5-3-2-4-6-14)11-19(25)26-12-18(24)22-16-9-7-15(20)8-10-16/h2-10,17H,11-12H2,1H3,(H,21,23)(H,22,24)/t17-/m1/s1. The van der Waals surface area contributed by atoms with Crippen molar-refractivity contribution < 1.29 is 23.5 Å². The number of halogens is 1. The van der Waals surface area contributed by atoms with Gasteiger partial charge in [0.25, 0.3) is 5.91 Å². The molecule has 2 aromatic rings. The van der Waals surface area contributed by atoms with Gasteiger partial charge >= 0.3 is 5.97 Å². The van der Waals surface area contributed by atoms with Gasteiger partial charge in [0, 0.05) is 12.6 Å². The van der Waals surface area contributed by atoms with E-state index in [4.69, 9.17) is 4.74 Å².